The number of hydrogen-bond acceptors (Lipinski definition) is 7. The highest BCUT2D eigenvalue weighted by Crippen LogP contribution is 2.39. The maximum absolute atomic E-state index is 13.9. The second-order valence-corrected chi connectivity index (χ2v) is 11.9. The average Bonchev–Trinajstić information content (AvgIpc) is 3.60. The molecule has 1 aliphatic rings. The SMILES string of the molecule is CCOC(=O)c1c(NC(=O)CSc2nc3c([nH]c4ccccc43)c(=O)n2-c2cc(C)cc(C)c2)sc2c1CCC2. The first-order valence-electron chi connectivity index (χ1n) is 13.2. The van der Waals surface area contributed by atoms with Crippen molar-refractivity contribution in [2.75, 3.05) is 17.7 Å². The Bertz CT molecular complexity index is 1850. The van der Waals surface area contributed by atoms with E-state index in [4.69, 9.17) is 9.72 Å². The number of aromatic amines is 1. The fraction of sp³-hybridized carbons (Fsp3) is 0.267. The number of ether oxygens (including phenoxy) is 1. The van der Waals surface area contributed by atoms with Crippen molar-refractivity contribution in [3.05, 3.63) is 79.9 Å². The lowest BCUT2D eigenvalue weighted by Crippen LogP contribution is -2.23. The summed E-state index contributed by atoms with van der Waals surface area (Å²) in [6.45, 7) is 6.00. The lowest BCUT2D eigenvalue weighted by Gasteiger charge is -2.14. The van der Waals surface area contributed by atoms with Gasteiger partial charge < -0.3 is 15.0 Å². The first-order chi connectivity index (χ1) is 19.3. The minimum absolute atomic E-state index is 0.00985. The lowest BCUT2D eigenvalue weighted by molar-refractivity contribution is -0.113. The number of hydrogen-bond donors (Lipinski definition) is 2. The quantitative estimate of drug-likeness (QED) is 0.142. The third-order valence-electron chi connectivity index (χ3n) is 6.95. The molecule has 0 bridgehead atoms. The van der Waals surface area contributed by atoms with Gasteiger partial charge in [0.2, 0.25) is 5.91 Å². The number of aromatic nitrogens is 3. The first-order valence-corrected chi connectivity index (χ1v) is 15.0. The van der Waals surface area contributed by atoms with Gasteiger partial charge in [0, 0.05) is 15.8 Å². The van der Waals surface area contributed by atoms with Crippen LogP contribution >= 0.6 is 23.1 Å². The molecule has 204 valence electrons. The Morgan fingerprint density at radius 1 is 1.15 bits per heavy atom. The second-order valence-electron chi connectivity index (χ2n) is 9.89. The van der Waals surface area contributed by atoms with Crippen molar-refractivity contribution in [1.29, 1.82) is 0 Å². The van der Waals surface area contributed by atoms with Crippen LogP contribution < -0.4 is 10.9 Å². The van der Waals surface area contributed by atoms with Gasteiger partial charge in [0.05, 0.1) is 23.6 Å². The van der Waals surface area contributed by atoms with Crippen LogP contribution in [-0.4, -0.2) is 38.8 Å². The number of para-hydroxylation sites is 1. The summed E-state index contributed by atoms with van der Waals surface area (Å²) in [5.41, 5.74) is 5.78. The van der Waals surface area contributed by atoms with Crippen LogP contribution in [0.4, 0.5) is 5.00 Å². The van der Waals surface area contributed by atoms with E-state index in [1.54, 1.807) is 11.5 Å². The zero-order valence-electron chi connectivity index (χ0n) is 22.4. The van der Waals surface area contributed by atoms with E-state index in [0.29, 0.717) is 32.4 Å². The third-order valence-corrected chi connectivity index (χ3v) is 9.09. The molecule has 0 aliphatic heterocycles. The van der Waals surface area contributed by atoms with Gasteiger partial charge in [-0.15, -0.1) is 11.3 Å². The molecular weight excluding hydrogens is 544 g/mol. The highest BCUT2D eigenvalue weighted by Gasteiger charge is 2.28. The highest BCUT2D eigenvalue weighted by molar-refractivity contribution is 7.99. The first kappa shape index (κ1) is 26.3. The number of nitrogens with one attached hydrogen (secondary N) is 2. The number of rotatable bonds is 7. The number of thiophene rings is 1. The number of aryl methyl sites for hydroxylation is 3. The normalized spacial score (nSPS) is 12.7. The number of fused-ring (bicyclic) bond motifs is 4. The molecule has 1 amide bonds. The van der Waals surface area contributed by atoms with Crippen LogP contribution in [0.5, 0.6) is 0 Å². The zero-order chi connectivity index (χ0) is 28.0. The van der Waals surface area contributed by atoms with E-state index in [1.165, 1.54) is 23.1 Å². The molecule has 0 saturated carbocycles. The van der Waals surface area contributed by atoms with Gasteiger partial charge >= 0.3 is 5.97 Å². The molecule has 5 aromatic rings. The van der Waals surface area contributed by atoms with E-state index in [2.05, 4.69) is 10.3 Å². The number of H-pyrrole nitrogens is 1. The van der Waals surface area contributed by atoms with Crippen LogP contribution in [0.2, 0.25) is 0 Å². The van der Waals surface area contributed by atoms with Crippen molar-refractivity contribution < 1.29 is 14.3 Å². The Kier molecular flexibility index (Phi) is 6.97. The molecule has 3 heterocycles. The molecule has 0 fully saturated rings. The number of amides is 1. The maximum atomic E-state index is 13.9. The van der Waals surface area contributed by atoms with Crippen molar-refractivity contribution in [1.82, 2.24) is 14.5 Å². The Balaban J connectivity index is 1.36. The number of carbonyl (C=O) groups is 2. The van der Waals surface area contributed by atoms with Crippen LogP contribution in [0.3, 0.4) is 0 Å². The van der Waals surface area contributed by atoms with E-state index < -0.39 is 5.97 Å². The summed E-state index contributed by atoms with van der Waals surface area (Å²) in [4.78, 5) is 49.1. The number of anilines is 1. The Hall–Kier alpha value is -3.89. The van der Waals surface area contributed by atoms with Crippen LogP contribution in [0.15, 0.2) is 52.4 Å². The van der Waals surface area contributed by atoms with Crippen LogP contribution in [-0.2, 0) is 22.4 Å². The van der Waals surface area contributed by atoms with E-state index in [-0.39, 0.29) is 23.8 Å². The van der Waals surface area contributed by atoms with Gasteiger partial charge in [0.15, 0.2) is 5.16 Å². The van der Waals surface area contributed by atoms with Crippen molar-refractivity contribution in [2.45, 2.75) is 45.2 Å². The fourth-order valence-corrected chi connectivity index (χ4v) is 7.45. The average molecular weight is 573 g/mol. The Morgan fingerprint density at radius 2 is 1.93 bits per heavy atom. The van der Waals surface area contributed by atoms with Crippen LogP contribution in [0.1, 0.15) is 45.3 Å². The van der Waals surface area contributed by atoms with Gasteiger partial charge in [0.1, 0.15) is 16.0 Å². The maximum Gasteiger partial charge on any atom is 0.341 e. The molecule has 8 nitrogen and oxygen atoms in total. The summed E-state index contributed by atoms with van der Waals surface area (Å²) >= 11 is 2.64. The predicted molar refractivity (Wildman–Crippen MR) is 160 cm³/mol. The standard InChI is InChI=1S/C30H28N4O4S2/c1-4-38-29(37)24-20-9-7-11-22(20)40-27(24)32-23(35)15-39-30-33-25-19-8-5-6-10-21(19)31-26(25)28(36)34(30)18-13-16(2)12-17(3)14-18/h5-6,8,10,12-14,31H,4,7,9,11,15H2,1-3H3,(H,32,35). The summed E-state index contributed by atoms with van der Waals surface area (Å²) in [6, 6.07) is 13.6. The van der Waals surface area contributed by atoms with Crippen LogP contribution in [0.25, 0.3) is 27.6 Å². The van der Waals surface area contributed by atoms with Crippen molar-refractivity contribution in [3.8, 4) is 5.69 Å². The lowest BCUT2D eigenvalue weighted by atomic mass is 10.1. The molecule has 0 radical (unpaired) electrons. The zero-order valence-corrected chi connectivity index (χ0v) is 24.1. The number of thioether (sulfide) groups is 1. The topological polar surface area (TPSA) is 106 Å². The smallest absolute Gasteiger partial charge is 0.341 e. The van der Waals surface area contributed by atoms with E-state index in [9.17, 15) is 14.4 Å². The molecule has 40 heavy (non-hydrogen) atoms. The Morgan fingerprint density at radius 3 is 2.70 bits per heavy atom. The molecular formula is C30H28N4O4S2. The summed E-state index contributed by atoms with van der Waals surface area (Å²) < 4.78 is 6.86. The molecule has 0 atom stereocenters. The van der Waals surface area contributed by atoms with Gasteiger partial charge in [-0.2, -0.15) is 0 Å². The third kappa shape index (κ3) is 4.71. The number of carbonyl (C=O) groups excluding carboxylic acids is 2. The summed E-state index contributed by atoms with van der Waals surface area (Å²) in [7, 11) is 0. The summed E-state index contributed by atoms with van der Waals surface area (Å²) in [5.74, 6) is -0.675. The van der Waals surface area contributed by atoms with Gasteiger partial charge in [0.25, 0.3) is 5.56 Å². The molecule has 0 spiro atoms. The van der Waals surface area contributed by atoms with Crippen molar-refractivity contribution >= 4 is 61.9 Å². The predicted octanol–water partition coefficient (Wildman–Crippen LogP) is 5.94. The molecule has 2 N–H and O–H groups in total. The van der Waals surface area contributed by atoms with Gasteiger partial charge in [-0.05, 0) is 74.9 Å². The summed E-state index contributed by atoms with van der Waals surface area (Å²) in [5, 5.41) is 4.73. The van der Waals surface area contributed by atoms with E-state index in [0.717, 1.165) is 51.7 Å². The second kappa shape index (κ2) is 10.6. The van der Waals surface area contributed by atoms with Gasteiger partial charge in [-0.3, -0.25) is 14.2 Å². The minimum Gasteiger partial charge on any atom is -0.462 e. The minimum atomic E-state index is -0.403. The molecule has 2 aromatic carbocycles. The van der Waals surface area contributed by atoms with Gasteiger partial charge in [-0.1, -0.05) is 36.0 Å². The van der Waals surface area contributed by atoms with Crippen LogP contribution in [0, 0.1) is 13.8 Å². The number of esters is 1. The molecule has 0 saturated heterocycles. The Labute approximate surface area is 238 Å². The van der Waals surface area contributed by atoms with Crippen molar-refractivity contribution in [3.63, 3.8) is 0 Å². The molecule has 10 heteroatoms. The monoisotopic (exact) mass is 572 g/mol. The fourth-order valence-electron chi connectivity index (χ4n) is 5.35. The molecule has 6 rings (SSSR count). The number of benzene rings is 2. The summed E-state index contributed by atoms with van der Waals surface area (Å²) in [6.07, 6.45) is 2.70. The van der Waals surface area contributed by atoms with E-state index in [1.807, 2.05) is 56.3 Å². The molecule has 0 unspecified atom stereocenters. The largest absolute Gasteiger partial charge is 0.462 e. The molecule has 3 aromatic heterocycles. The van der Waals surface area contributed by atoms with Gasteiger partial charge in [-0.25, -0.2) is 9.78 Å². The molecule has 1 aliphatic carbocycles. The highest BCUT2D eigenvalue weighted by atomic mass is 32.2. The van der Waals surface area contributed by atoms with Crippen molar-refractivity contribution in [2.24, 2.45) is 0 Å². The van der Waals surface area contributed by atoms with E-state index >= 15 is 0 Å². The number of nitrogens with zero attached hydrogens (tertiary/aromatic N) is 2.